The number of benzene rings is 2. The van der Waals surface area contributed by atoms with Crippen LogP contribution in [0.25, 0.3) is 0 Å². The highest BCUT2D eigenvalue weighted by atomic mass is 19.1. The Morgan fingerprint density at radius 3 is 2.00 bits per heavy atom. The summed E-state index contributed by atoms with van der Waals surface area (Å²) in [7, 11) is 0. The zero-order chi connectivity index (χ0) is 19.8. The van der Waals surface area contributed by atoms with Crippen molar-refractivity contribution in [2.75, 3.05) is 13.1 Å². The molecule has 0 aliphatic rings. The molecule has 0 saturated heterocycles. The number of rotatable bonds is 7. The molecule has 2 aromatic carbocycles. The fourth-order valence-corrected chi connectivity index (χ4v) is 2.25. The van der Waals surface area contributed by atoms with E-state index in [0.717, 1.165) is 5.56 Å². The molecule has 0 aromatic heterocycles. The molecule has 0 radical (unpaired) electrons. The zero-order valence-electron chi connectivity index (χ0n) is 14.8. The van der Waals surface area contributed by atoms with Gasteiger partial charge in [-0.25, -0.2) is 9.18 Å². The van der Waals surface area contributed by atoms with Crippen molar-refractivity contribution in [3.8, 4) is 0 Å². The summed E-state index contributed by atoms with van der Waals surface area (Å²) in [6, 6.07) is 10.3. The van der Waals surface area contributed by atoms with Gasteiger partial charge >= 0.3 is 6.03 Å². The van der Waals surface area contributed by atoms with Crippen LogP contribution in [0.2, 0.25) is 0 Å². The number of hydrogen-bond donors (Lipinski definition) is 4. The van der Waals surface area contributed by atoms with Crippen LogP contribution in [0.4, 0.5) is 9.18 Å². The highest BCUT2D eigenvalue weighted by Crippen LogP contribution is 2.09. The molecule has 0 saturated carbocycles. The first-order valence-electron chi connectivity index (χ1n) is 8.31. The van der Waals surface area contributed by atoms with Crippen LogP contribution in [0, 0.1) is 12.7 Å². The third-order valence-corrected chi connectivity index (χ3v) is 3.81. The average molecular weight is 372 g/mol. The van der Waals surface area contributed by atoms with E-state index in [-0.39, 0.29) is 31.1 Å². The van der Waals surface area contributed by atoms with E-state index in [2.05, 4.69) is 16.0 Å². The van der Waals surface area contributed by atoms with Crippen LogP contribution in [0.1, 0.15) is 31.8 Å². The maximum atomic E-state index is 13.5. The van der Waals surface area contributed by atoms with E-state index in [0.29, 0.717) is 11.1 Å². The summed E-state index contributed by atoms with van der Waals surface area (Å²) in [4.78, 5) is 34.7. The quantitative estimate of drug-likeness (QED) is 0.552. The van der Waals surface area contributed by atoms with Gasteiger partial charge in [0.15, 0.2) is 0 Å². The number of carbonyl (C=O) groups excluding carboxylic acids is 3. The molecular weight excluding hydrogens is 351 g/mol. The summed E-state index contributed by atoms with van der Waals surface area (Å²) in [6.07, 6.45) is 0. The third-order valence-electron chi connectivity index (χ3n) is 3.81. The van der Waals surface area contributed by atoms with E-state index in [1.54, 1.807) is 37.3 Å². The van der Waals surface area contributed by atoms with E-state index < -0.39 is 17.8 Å². The molecule has 0 bridgehead atoms. The number of nitrogens with two attached hydrogens (primary N) is 1. The van der Waals surface area contributed by atoms with Gasteiger partial charge in [-0.15, -0.1) is 0 Å². The average Bonchev–Trinajstić information content (AvgIpc) is 2.65. The number of urea groups is 1. The molecule has 0 atom stereocenters. The summed E-state index contributed by atoms with van der Waals surface area (Å²) in [5, 5.41) is 7.75. The van der Waals surface area contributed by atoms with Gasteiger partial charge in [-0.2, -0.15) is 0 Å². The van der Waals surface area contributed by atoms with Gasteiger partial charge in [0.1, 0.15) is 5.82 Å². The van der Waals surface area contributed by atoms with E-state index in [1.165, 1.54) is 12.1 Å². The van der Waals surface area contributed by atoms with Crippen LogP contribution in [0.15, 0.2) is 42.5 Å². The number of amides is 4. The molecule has 142 valence electrons. The molecule has 0 heterocycles. The maximum absolute atomic E-state index is 13.5. The second-order valence-corrected chi connectivity index (χ2v) is 5.89. The summed E-state index contributed by atoms with van der Waals surface area (Å²) >= 11 is 0. The lowest BCUT2D eigenvalue weighted by atomic mass is 10.1. The molecule has 4 amide bonds. The first-order valence-corrected chi connectivity index (χ1v) is 8.31. The van der Waals surface area contributed by atoms with Crippen LogP contribution in [0.3, 0.4) is 0 Å². The van der Waals surface area contributed by atoms with Gasteiger partial charge in [0.25, 0.3) is 11.8 Å². The molecule has 27 heavy (non-hydrogen) atoms. The predicted octanol–water partition coefficient (Wildman–Crippen LogP) is 1.46. The fraction of sp³-hybridized carbons (Fsp3) is 0.211. The number of hydrogen-bond acceptors (Lipinski definition) is 3. The lowest BCUT2D eigenvalue weighted by molar-refractivity contribution is 0.0927. The SMILES string of the molecule is Cc1ccc(C(=O)NCCNC(=O)c2ccc(CNC(N)=O)cc2)cc1F. The Bertz CT molecular complexity index is 837. The second-order valence-electron chi connectivity index (χ2n) is 5.89. The van der Waals surface area contributed by atoms with Gasteiger partial charge in [-0.1, -0.05) is 18.2 Å². The Kier molecular flexibility index (Phi) is 6.87. The first-order chi connectivity index (χ1) is 12.9. The molecule has 2 aromatic rings. The van der Waals surface area contributed by atoms with Crippen molar-refractivity contribution >= 4 is 17.8 Å². The summed E-state index contributed by atoms with van der Waals surface area (Å²) < 4.78 is 13.5. The van der Waals surface area contributed by atoms with Gasteiger partial charge in [0, 0.05) is 30.8 Å². The maximum Gasteiger partial charge on any atom is 0.312 e. The number of carbonyl (C=O) groups is 3. The number of nitrogens with one attached hydrogen (secondary N) is 3. The minimum absolute atomic E-state index is 0.209. The second kappa shape index (κ2) is 9.33. The van der Waals surface area contributed by atoms with Crippen molar-refractivity contribution in [3.63, 3.8) is 0 Å². The Morgan fingerprint density at radius 1 is 0.889 bits per heavy atom. The van der Waals surface area contributed by atoms with Crippen LogP contribution in [-0.4, -0.2) is 30.9 Å². The summed E-state index contributed by atoms with van der Waals surface area (Å²) in [5.74, 6) is -1.14. The molecule has 0 aliphatic carbocycles. The van der Waals surface area contributed by atoms with Crippen LogP contribution in [-0.2, 0) is 6.54 Å². The summed E-state index contributed by atoms with van der Waals surface area (Å²) in [6.45, 7) is 2.33. The molecular formula is C19H21FN4O3. The van der Waals surface area contributed by atoms with Gasteiger partial charge in [-0.05, 0) is 42.3 Å². The van der Waals surface area contributed by atoms with E-state index >= 15 is 0 Å². The Balaban J connectivity index is 1.76. The molecule has 0 spiro atoms. The minimum atomic E-state index is -0.618. The molecule has 5 N–H and O–H groups in total. The van der Waals surface area contributed by atoms with Crippen molar-refractivity contribution in [1.82, 2.24) is 16.0 Å². The van der Waals surface area contributed by atoms with Crippen molar-refractivity contribution in [3.05, 3.63) is 70.5 Å². The predicted molar refractivity (Wildman–Crippen MR) is 98.7 cm³/mol. The Labute approximate surface area is 156 Å². The van der Waals surface area contributed by atoms with Crippen LogP contribution in [0.5, 0.6) is 0 Å². The Morgan fingerprint density at radius 2 is 1.44 bits per heavy atom. The van der Waals surface area contributed by atoms with Crippen molar-refractivity contribution in [1.29, 1.82) is 0 Å². The summed E-state index contributed by atoms with van der Waals surface area (Å²) in [5.41, 5.74) is 6.95. The van der Waals surface area contributed by atoms with Gasteiger partial charge in [0.2, 0.25) is 0 Å². The number of primary amides is 1. The molecule has 8 heteroatoms. The highest BCUT2D eigenvalue weighted by Gasteiger charge is 2.09. The van der Waals surface area contributed by atoms with Crippen molar-refractivity contribution in [2.24, 2.45) is 5.73 Å². The normalized spacial score (nSPS) is 10.1. The van der Waals surface area contributed by atoms with E-state index in [1.807, 2.05) is 0 Å². The van der Waals surface area contributed by atoms with Crippen molar-refractivity contribution < 1.29 is 18.8 Å². The lowest BCUT2D eigenvalue weighted by Crippen LogP contribution is -2.34. The molecule has 0 unspecified atom stereocenters. The first kappa shape index (κ1) is 19.9. The number of aryl methyl sites for hydroxylation is 1. The zero-order valence-corrected chi connectivity index (χ0v) is 14.8. The lowest BCUT2D eigenvalue weighted by Gasteiger charge is -2.08. The smallest absolute Gasteiger partial charge is 0.312 e. The Hall–Kier alpha value is -3.42. The standard InChI is InChI=1S/C19H21FN4O3/c1-12-2-5-15(10-16(12)20)18(26)23-9-8-22-17(25)14-6-3-13(4-7-14)11-24-19(21)27/h2-7,10H,8-9,11H2,1H3,(H,22,25)(H,23,26)(H3,21,24,27). The van der Waals surface area contributed by atoms with Gasteiger partial charge < -0.3 is 21.7 Å². The molecule has 7 nitrogen and oxygen atoms in total. The van der Waals surface area contributed by atoms with Gasteiger partial charge in [0.05, 0.1) is 0 Å². The van der Waals surface area contributed by atoms with Crippen LogP contribution >= 0.6 is 0 Å². The van der Waals surface area contributed by atoms with Crippen molar-refractivity contribution in [2.45, 2.75) is 13.5 Å². The molecule has 0 aliphatic heterocycles. The largest absolute Gasteiger partial charge is 0.352 e. The monoisotopic (exact) mass is 372 g/mol. The highest BCUT2D eigenvalue weighted by molar-refractivity contribution is 5.95. The van der Waals surface area contributed by atoms with Crippen LogP contribution < -0.4 is 21.7 Å². The molecule has 2 rings (SSSR count). The topological polar surface area (TPSA) is 113 Å². The molecule has 0 fully saturated rings. The van der Waals surface area contributed by atoms with Gasteiger partial charge in [-0.3, -0.25) is 9.59 Å². The minimum Gasteiger partial charge on any atom is -0.352 e. The number of halogens is 1. The third kappa shape index (κ3) is 6.10. The van der Waals surface area contributed by atoms with E-state index in [9.17, 15) is 18.8 Å². The fourth-order valence-electron chi connectivity index (χ4n) is 2.25. The van der Waals surface area contributed by atoms with E-state index in [4.69, 9.17) is 5.73 Å².